The van der Waals surface area contributed by atoms with E-state index in [1.54, 1.807) is 0 Å². The molecule has 1 aliphatic heterocycles. The number of rotatable bonds is 4. The average Bonchev–Trinajstić information content (AvgIpc) is 2.46. The summed E-state index contributed by atoms with van der Waals surface area (Å²) in [6, 6.07) is 8.01. The Balaban J connectivity index is 2.09. The van der Waals surface area contributed by atoms with Gasteiger partial charge in [-0.1, -0.05) is 36.2 Å². The molecule has 0 radical (unpaired) electrons. The van der Waals surface area contributed by atoms with E-state index in [1.807, 2.05) is 0 Å². The molecule has 2 rings (SSSR count). The lowest BCUT2D eigenvalue weighted by molar-refractivity contribution is -0.144. The summed E-state index contributed by atoms with van der Waals surface area (Å²) in [5.74, 6) is -0.314. The van der Waals surface area contributed by atoms with Crippen LogP contribution < -0.4 is 5.73 Å². The summed E-state index contributed by atoms with van der Waals surface area (Å²) in [5, 5.41) is 0. The van der Waals surface area contributed by atoms with Gasteiger partial charge in [-0.2, -0.15) is 0 Å². The third kappa shape index (κ3) is 3.58. The van der Waals surface area contributed by atoms with Crippen LogP contribution in [-0.2, 0) is 16.1 Å². The molecule has 2 N–H and O–H groups in total. The summed E-state index contributed by atoms with van der Waals surface area (Å²) in [6.07, 6.45) is 3.25. The van der Waals surface area contributed by atoms with Crippen molar-refractivity contribution < 1.29 is 9.53 Å². The average molecular weight is 276 g/mol. The summed E-state index contributed by atoms with van der Waals surface area (Å²) >= 11 is 0. The zero-order valence-electron chi connectivity index (χ0n) is 12.3. The quantitative estimate of drug-likeness (QED) is 0.853. The molecule has 0 spiro atoms. The van der Waals surface area contributed by atoms with Gasteiger partial charge in [0.05, 0.1) is 7.11 Å². The molecular formula is C16H24N2O2. The molecule has 0 saturated carbocycles. The van der Waals surface area contributed by atoms with Gasteiger partial charge in [-0.3, -0.25) is 9.69 Å². The van der Waals surface area contributed by atoms with Gasteiger partial charge in [0.25, 0.3) is 0 Å². The number of hydrogen-bond acceptors (Lipinski definition) is 4. The molecule has 0 aliphatic carbocycles. The highest BCUT2D eigenvalue weighted by atomic mass is 16.5. The number of esters is 1. The number of likely N-dealkylation sites (tertiary alicyclic amines) is 1. The molecule has 1 aliphatic rings. The van der Waals surface area contributed by atoms with E-state index in [0.717, 1.165) is 32.4 Å². The number of ether oxygens (including phenoxy) is 1. The van der Waals surface area contributed by atoms with Gasteiger partial charge in [-0.05, 0) is 31.9 Å². The summed E-state index contributed by atoms with van der Waals surface area (Å²) < 4.78 is 4.79. The van der Waals surface area contributed by atoms with Crippen molar-refractivity contribution >= 4 is 5.97 Å². The van der Waals surface area contributed by atoms with Crippen LogP contribution in [0, 0.1) is 6.92 Å². The van der Waals surface area contributed by atoms with Crippen LogP contribution in [0.3, 0.4) is 0 Å². The van der Waals surface area contributed by atoms with E-state index < -0.39 is 6.04 Å². The highest BCUT2D eigenvalue weighted by molar-refractivity contribution is 5.76. The first-order valence-corrected chi connectivity index (χ1v) is 7.25. The monoisotopic (exact) mass is 276 g/mol. The third-order valence-electron chi connectivity index (χ3n) is 4.02. The van der Waals surface area contributed by atoms with Crippen LogP contribution in [-0.4, -0.2) is 36.6 Å². The molecule has 2 unspecified atom stereocenters. The second-order valence-corrected chi connectivity index (χ2v) is 5.57. The highest BCUT2D eigenvalue weighted by Crippen LogP contribution is 2.22. The minimum atomic E-state index is -0.551. The number of carbonyl (C=O) groups is 1. The topological polar surface area (TPSA) is 55.6 Å². The Bertz CT molecular complexity index is 462. The van der Waals surface area contributed by atoms with Crippen molar-refractivity contribution in [2.24, 2.45) is 5.73 Å². The van der Waals surface area contributed by atoms with Crippen LogP contribution >= 0.6 is 0 Å². The molecule has 1 fully saturated rings. The Morgan fingerprint density at radius 3 is 3.00 bits per heavy atom. The Hall–Kier alpha value is -1.39. The maximum atomic E-state index is 11.7. The summed E-state index contributed by atoms with van der Waals surface area (Å²) in [7, 11) is 1.40. The van der Waals surface area contributed by atoms with Gasteiger partial charge in [0.2, 0.25) is 0 Å². The highest BCUT2D eigenvalue weighted by Gasteiger charge is 2.32. The van der Waals surface area contributed by atoms with Crippen molar-refractivity contribution in [2.75, 3.05) is 13.7 Å². The molecule has 0 amide bonds. The minimum Gasteiger partial charge on any atom is -0.468 e. The second-order valence-electron chi connectivity index (χ2n) is 5.57. The van der Waals surface area contributed by atoms with Crippen LogP contribution in [0.1, 0.15) is 30.4 Å². The predicted molar refractivity (Wildman–Crippen MR) is 79.2 cm³/mol. The van der Waals surface area contributed by atoms with E-state index >= 15 is 0 Å². The fourth-order valence-corrected chi connectivity index (χ4v) is 2.96. The SMILES string of the molecule is COC(=O)C(N)C1CCCCN1Cc1cccc(C)c1. The van der Waals surface area contributed by atoms with E-state index in [-0.39, 0.29) is 12.0 Å². The molecule has 4 heteroatoms. The van der Waals surface area contributed by atoms with Crippen molar-refractivity contribution in [3.05, 3.63) is 35.4 Å². The Labute approximate surface area is 120 Å². The summed E-state index contributed by atoms with van der Waals surface area (Å²) in [6.45, 7) is 3.93. The fourth-order valence-electron chi connectivity index (χ4n) is 2.96. The zero-order chi connectivity index (χ0) is 14.5. The number of carbonyl (C=O) groups excluding carboxylic acids is 1. The molecular weight excluding hydrogens is 252 g/mol. The van der Waals surface area contributed by atoms with E-state index in [4.69, 9.17) is 10.5 Å². The van der Waals surface area contributed by atoms with Crippen LogP contribution in [0.15, 0.2) is 24.3 Å². The summed E-state index contributed by atoms with van der Waals surface area (Å²) in [5.41, 5.74) is 8.59. The number of aryl methyl sites for hydroxylation is 1. The first-order chi connectivity index (χ1) is 9.61. The van der Waals surface area contributed by atoms with Crippen molar-refractivity contribution in [3.8, 4) is 0 Å². The van der Waals surface area contributed by atoms with E-state index in [1.165, 1.54) is 18.2 Å². The first-order valence-electron chi connectivity index (χ1n) is 7.25. The van der Waals surface area contributed by atoms with E-state index in [9.17, 15) is 4.79 Å². The lowest BCUT2D eigenvalue weighted by atomic mass is 9.95. The maximum absolute atomic E-state index is 11.7. The van der Waals surface area contributed by atoms with Crippen LogP contribution in [0.5, 0.6) is 0 Å². The zero-order valence-corrected chi connectivity index (χ0v) is 12.3. The van der Waals surface area contributed by atoms with Crippen LogP contribution in [0.4, 0.5) is 0 Å². The van der Waals surface area contributed by atoms with Gasteiger partial charge < -0.3 is 10.5 Å². The maximum Gasteiger partial charge on any atom is 0.324 e. The normalized spacial score (nSPS) is 21.4. The molecule has 4 nitrogen and oxygen atoms in total. The predicted octanol–water partition coefficient (Wildman–Crippen LogP) is 1.85. The largest absolute Gasteiger partial charge is 0.468 e. The number of benzene rings is 1. The number of nitrogens with two attached hydrogens (primary N) is 1. The van der Waals surface area contributed by atoms with Gasteiger partial charge in [0, 0.05) is 12.6 Å². The number of nitrogens with zero attached hydrogens (tertiary/aromatic N) is 1. The number of hydrogen-bond donors (Lipinski definition) is 1. The molecule has 1 saturated heterocycles. The van der Waals surface area contributed by atoms with Gasteiger partial charge in [-0.15, -0.1) is 0 Å². The van der Waals surface area contributed by atoms with E-state index in [0.29, 0.717) is 0 Å². The van der Waals surface area contributed by atoms with Gasteiger partial charge in [-0.25, -0.2) is 0 Å². The Morgan fingerprint density at radius 1 is 1.50 bits per heavy atom. The third-order valence-corrected chi connectivity index (χ3v) is 4.02. The lowest BCUT2D eigenvalue weighted by Crippen LogP contribution is -2.53. The molecule has 0 aromatic heterocycles. The van der Waals surface area contributed by atoms with Crippen molar-refractivity contribution in [2.45, 2.75) is 44.8 Å². The molecule has 0 bridgehead atoms. The molecule has 2 atom stereocenters. The number of piperidine rings is 1. The first kappa shape index (κ1) is 15.0. The molecule has 20 heavy (non-hydrogen) atoms. The van der Waals surface area contributed by atoms with Gasteiger partial charge in [0.1, 0.15) is 6.04 Å². The molecule has 1 aromatic rings. The molecule has 1 heterocycles. The van der Waals surface area contributed by atoms with Gasteiger partial charge >= 0.3 is 5.97 Å². The Kier molecular flexibility index (Phi) is 5.15. The van der Waals surface area contributed by atoms with E-state index in [2.05, 4.69) is 36.1 Å². The number of methoxy groups -OCH3 is 1. The van der Waals surface area contributed by atoms with Crippen LogP contribution in [0.2, 0.25) is 0 Å². The van der Waals surface area contributed by atoms with Crippen molar-refractivity contribution in [1.29, 1.82) is 0 Å². The standard InChI is InChI=1S/C16H24N2O2/c1-12-6-5-7-13(10-12)11-18-9-4-3-8-14(18)15(17)16(19)20-2/h5-7,10,14-15H,3-4,8-9,11,17H2,1-2H3. The second kappa shape index (κ2) is 6.86. The summed E-state index contributed by atoms with van der Waals surface area (Å²) in [4.78, 5) is 14.0. The molecule has 110 valence electrons. The van der Waals surface area contributed by atoms with Crippen molar-refractivity contribution in [3.63, 3.8) is 0 Å². The minimum absolute atomic E-state index is 0.0803. The van der Waals surface area contributed by atoms with Crippen LogP contribution in [0.25, 0.3) is 0 Å². The lowest BCUT2D eigenvalue weighted by Gasteiger charge is -2.38. The smallest absolute Gasteiger partial charge is 0.324 e. The fraction of sp³-hybridized carbons (Fsp3) is 0.562. The Morgan fingerprint density at radius 2 is 2.30 bits per heavy atom. The van der Waals surface area contributed by atoms with Gasteiger partial charge in [0.15, 0.2) is 0 Å². The molecule has 1 aromatic carbocycles. The van der Waals surface area contributed by atoms with Crippen molar-refractivity contribution in [1.82, 2.24) is 4.90 Å².